The smallest absolute Gasteiger partial charge is 0.0647 e. The van der Waals surface area contributed by atoms with E-state index in [4.69, 9.17) is 11.5 Å². The second kappa shape index (κ2) is 3.34. The molecule has 60 valence electrons. The van der Waals surface area contributed by atoms with Crippen LogP contribution in [0.1, 0.15) is 12.6 Å². The first-order valence-corrected chi connectivity index (χ1v) is 3.65. The van der Waals surface area contributed by atoms with Crippen molar-refractivity contribution in [3.05, 3.63) is 24.0 Å². The van der Waals surface area contributed by atoms with Crippen LogP contribution in [-0.2, 0) is 6.42 Å². The van der Waals surface area contributed by atoms with Crippen LogP contribution in [0, 0.1) is 0 Å². The SMILES string of the molecule is CC(N)Cc1ncccc1N. The second-order valence-electron chi connectivity index (χ2n) is 2.72. The monoisotopic (exact) mass is 151 g/mol. The van der Waals surface area contributed by atoms with Gasteiger partial charge in [-0.2, -0.15) is 0 Å². The van der Waals surface area contributed by atoms with E-state index in [0.29, 0.717) is 0 Å². The molecule has 0 radical (unpaired) electrons. The van der Waals surface area contributed by atoms with Crippen molar-refractivity contribution in [1.82, 2.24) is 4.98 Å². The lowest BCUT2D eigenvalue weighted by molar-refractivity contribution is 0.724. The molecule has 0 aromatic carbocycles. The number of nitrogen functional groups attached to an aromatic ring is 1. The highest BCUT2D eigenvalue weighted by molar-refractivity contribution is 5.42. The minimum absolute atomic E-state index is 0.118. The molecule has 1 unspecified atom stereocenters. The molecule has 1 aromatic heterocycles. The quantitative estimate of drug-likeness (QED) is 0.648. The van der Waals surface area contributed by atoms with Crippen LogP contribution < -0.4 is 11.5 Å². The van der Waals surface area contributed by atoms with Gasteiger partial charge in [0.25, 0.3) is 0 Å². The van der Waals surface area contributed by atoms with Crippen LogP contribution in [-0.4, -0.2) is 11.0 Å². The highest BCUT2D eigenvalue weighted by Crippen LogP contribution is 2.08. The summed E-state index contributed by atoms with van der Waals surface area (Å²) >= 11 is 0. The molecule has 3 nitrogen and oxygen atoms in total. The van der Waals surface area contributed by atoms with E-state index in [1.165, 1.54) is 0 Å². The normalized spacial score (nSPS) is 12.9. The van der Waals surface area contributed by atoms with Gasteiger partial charge in [-0.15, -0.1) is 0 Å². The fourth-order valence-corrected chi connectivity index (χ4v) is 0.926. The Bertz CT molecular complexity index is 233. The van der Waals surface area contributed by atoms with Crippen LogP contribution in [0.15, 0.2) is 18.3 Å². The van der Waals surface area contributed by atoms with Crippen molar-refractivity contribution in [2.75, 3.05) is 5.73 Å². The molecule has 0 bridgehead atoms. The van der Waals surface area contributed by atoms with Crippen molar-refractivity contribution in [2.24, 2.45) is 5.73 Å². The molecule has 0 saturated carbocycles. The van der Waals surface area contributed by atoms with Crippen molar-refractivity contribution >= 4 is 5.69 Å². The number of rotatable bonds is 2. The van der Waals surface area contributed by atoms with Crippen LogP contribution in [0.4, 0.5) is 5.69 Å². The molecule has 1 atom stereocenters. The molecular formula is C8H13N3. The minimum atomic E-state index is 0.118. The maximum atomic E-state index is 5.65. The third-order valence-corrected chi connectivity index (χ3v) is 1.44. The van der Waals surface area contributed by atoms with E-state index < -0.39 is 0 Å². The summed E-state index contributed by atoms with van der Waals surface area (Å²) in [5, 5.41) is 0. The number of hydrogen-bond acceptors (Lipinski definition) is 3. The van der Waals surface area contributed by atoms with E-state index >= 15 is 0 Å². The molecule has 0 amide bonds. The van der Waals surface area contributed by atoms with Gasteiger partial charge in [0.05, 0.1) is 11.4 Å². The summed E-state index contributed by atoms with van der Waals surface area (Å²) in [6.07, 6.45) is 2.47. The van der Waals surface area contributed by atoms with E-state index in [1.807, 2.05) is 19.1 Å². The largest absolute Gasteiger partial charge is 0.397 e. The average Bonchev–Trinajstić information content (AvgIpc) is 1.93. The highest BCUT2D eigenvalue weighted by atomic mass is 14.7. The van der Waals surface area contributed by atoms with E-state index in [2.05, 4.69) is 4.98 Å². The van der Waals surface area contributed by atoms with Crippen LogP contribution in [0.25, 0.3) is 0 Å². The Balaban J connectivity index is 2.78. The predicted octanol–water partition coefficient (Wildman–Crippen LogP) is 0.554. The zero-order chi connectivity index (χ0) is 8.27. The van der Waals surface area contributed by atoms with Gasteiger partial charge in [-0.25, -0.2) is 0 Å². The Hall–Kier alpha value is -1.09. The van der Waals surface area contributed by atoms with Gasteiger partial charge in [0.1, 0.15) is 0 Å². The number of nitrogens with zero attached hydrogens (tertiary/aromatic N) is 1. The summed E-state index contributed by atoms with van der Waals surface area (Å²) in [6.45, 7) is 1.94. The summed E-state index contributed by atoms with van der Waals surface area (Å²) in [5.41, 5.74) is 12.9. The first kappa shape index (κ1) is 8.01. The van der Waals surface area contributed by atoms with Gasteiger partial charge in [-0.05, 0) is 19.1 Å². The summed E-state index contributed by atoms with van der Waals surface area (Å²) in [7, 11) is 0. The number of anilines is 1. The summed E-state index contributed by atoms with van der Waals surface area (Å²) < 4.78 is 0. The minimum Gasteiger partial charge on any atom is -0.397 e. The Morgan fingerprint density at radius 1 is 1.64 bits per heavy atom. The van der Waals surface area contributed by atoms with Gasteiger partial charge in [-0.3, -0.25) is 4.98 Å². The van der Waals surface area contributed by atoms with Gasteiger partial charge >= 0.3 is 0 Å². The average molecular weight is 151 g/mol. The van der Waals surface area contributed by atoms with E-state index in [9.17, 15) is 0 Å². The maximum absolute atomic E-state index is 5.65. The predicted molar refractivity (Wildman–Crippen MR) is 46.0 cm³/mol. The topological polar surface area (TPSA) is 64.9 Å². The first-order valence-electron chi connectivity index (χ1n) is 3.65. The fraction of sp³-hybridized carbons (Fsp3) is 0.375. The summed E-state index contributed by atoms with van der Waals surface area (Å²) in [4.78, 5) is 4.11. The van der Waals surface area contributed by atoms with Crippen molar-refractivity contribution in [3.8, 4) is 0 Å². The molecule has 1 rings (SSSR count). The van der Waals surface area contributed by atoms with E-state index in [1.54, 1.807) is 6.20 Å². The van der Waals surface area contributed by atoms with Gasteiger partial charge < -0.3 is 11.5 Å². The molecule has 4 N–H and O–H groups in total. The van der Waals surface area contributed by atoms with Crippen molar-refractivity contribution in [2.45, 2.75) is 19.4 Å². The zero-order valence-corrected chi connectivity index (χ0v) is 6.62. The van der Waals surface area contributed by atoms with Crippen LogP contribution in [0.2, 0.25) is 0 Å². The van der Waals surface area contributed by atoms with Crippen LogP contribution >= 0.6 is 0 Å². The lowest BCUT2D eigenvalue weighted by atomic mass is 10.1. The van der Waals surface area contributed by atoms with Crippen molar-refractivity contribution < 1.29 is 0 Å². The Kier molecular flexibility index (Phi) is 2.44. The molecular weight excluding hydrogens is 138 g/mol. The van der Waals surface area contributed by atoms with Gasteiger partial charge in [0.15, 0.2) is 0 Å². The lowest BCUT2D eigenvalue weighted by Gasteiger charge is -2.05. The van der Waals surface area contributed by atoms with Crippen molar-refractivity contribution in [3.63, 3.8) is 0 Å². The molecule has 1 heterocycles. The molecule has 11 heavy (non-hydrogen) atoms. The Labute approximate surface area is 66.4 Å². The molecule has 0 saturated heterocycles. The van der Waals surface area contributed by atoms with Crippen LogP contribution in [0.3, 0.4) is 0 Å². The zero-order valence-electron chi connectivity index (χ0n) is 6.62. The van der Waals surface area contributed by atoms with Gasteiger partial charge in [0, 0.05) is 18.7 Å². The third kappa shape index (κ3) is 2.20. The lowest BCUT2D eigenvalue weighted by Crippen LogP contribution is -2.19. The molecule has 3 heteroatoms. The second-order valence-corrected chi connectivity index (χ2v) is 2.72. The maximum Gasteiger partial charge on any atom is 0.0647 e. The number of hydrogen-bond donors (Lipinski definition) is 2. The van der Waals surface area contributed by atoms with E-state index in [-0.39, 0.29) is 6.04 Å². The number of nitrogens with two attached hydrogens (primary N) is 2. The molecule has 0 aliphatic rings. The Morgan fingerprint density at radius 3 is 2.91 bits per heavy atom. The molecule has 0 aliphatic carbocycles. The highest BCUT2D eigenvalue weighted by Gasteiger charge is 2.01. The molecule has 1 aromatic rings. The number of aromatic nitrogens is 1. The Morgan fingerprint density at radius 2 is 2.36 bits per heavy atom. The van der Waals surface area contributed by atoms with Gasteiger partial charge in [0.2, 0.25) is 0 Å². The van der Waals surface area contributed by atoms with Crippen molar-refractivity contribution in [1.29, 1.82) is 0 Å². The molecule has 0 spiro atoms. The third-order valence-electron chi connectivity index (χ3n) is 1.44. The molecule has 0 fully saturated rings. The standard InChI is InChI=1S/C8H13N3/c1-6(9)5-8-7(10)3-2-4-11-8/h2-4,6H,5,9-10H2,1H3. The first-order chi connectivity index (χ1) is 5.20. The summed E-state index contributed by atoms with van der Waals surface area (Å²) in [6, 6.07) is 3.78. The van der Waals surface area contributed by atoms with Gasteiger partial charge in [-0.1, -0.05) is 0 Å². The molecule has 0 aliphatic heterocycles. The fourth-order valence-electron chi connectivity index (χ4n) is 0.926. The summed E-state index contributed by atoms with van der Waals surface area (Å²) in [5.74, 6) is 0. The van der Waals surface area contributed by atoms with Crippen LogP contribution in [0.5, 0.6) is 0 Å². The van der Waals surface area contributed by atoms with E-state index in [0.717, 1.165) is 17.8 Å². The number of pyridine rings is 1.